The minimum Gasteiger partial charge on any atom is -0.478 e. The quantitative estimate of drug-likeness (QED) is 0.675. The molecule has 0 unspecified atom stereocenters. The Labute approximate surface area is 162 Å². The highest BCUT2D eigenvalue weighted by Crippen LogP contribution is 2.33. The lowest BCUT2D eigenvalue weighted by Crippen LogP contribution is -2.31. The largest absolute Gasteiger partial charge is 0.478 e. The molecule has 4 rings (SSSR count). The first-order chi connectivity index (χ1) is 13.3. The van der Waals surface area contributed by atoms with Crippen LogP contribution in [0.3, 0.4) is 0 Å². The summed E-state index contributed by atoms with van der Waals surface area (Å²) < 4.78 is 34.1. The molecule has 0 radical (unpaired) electrons. The van der Waals surface area contributed by atoms with Crippen molar-refractivity contribution in [3.05, 3.63) is 69.6 Å². The Morgan fingerprint density at radius 1 is 1.14 bits per heavy atom. The molecule has 1 aliphatic rings. The Balaban J connectivity index is 1.64. The number of rotatable bonds is 4. The van der Waals surface area contributed by atoms with Crippen molar-refractivity contribution in [3.63, 3.8) is 0 Å². The van der Waals surface area contributed by atoms with Gasteiger partial charge in [-0.25, -0.2) is 18.4 Å². The Hall–Kier alpha value is -2.68. The van der Waals surface area contributed by atoms with E-state index in [2.05, 4.69) is 0 Å². The maximum Gasteiger partial charge on any atom is 0.336 e. The molecule has 2 aromatic carbocycles. The monoisotopic (exact) mass is 400 g/mol. The molecule has 0 saturated carbocycles. The lowest BCUT2D eigenvalue weighted by molar-refractivity contribution is 0.0889. The van der Waals surface area contributed by atoms with Gasteiger partial charge in [0.25, 0.3) is 0 Å². The number of hydrogen-bond donors (Lipinski definition) is 1. The summed E-state index contributed by atoms with van der Waals surface area (Å²) in [7, 11) is -3.71. The van der Waals surface area contributed by atoms with Gasteiger partial charge in [0.05, 0.1) is 10.5 Å². The molecule has 3 aromatic rings. The van der Waals surface area contributed by atoms with Crippen molar-refractivity contribution in [2.45, 2.75) is 31.3 Å². The lowest BCUT2D eigenvalue weighted by atomic mass is 10.0. The summed E-state index contributed by atoms with van der Waals surface area (Å²) in [6.45, 7) is 3.49. The Kier molecular flexibility index (Phi) is 4.70. The zero-order chi connectivity index (χ0) is 19.9. The molecule has 0 amide bonds. The molecular formula is C20H20N2O5S. The predicted molar refractivity (Wildman–Crippen MR) is 104 cm³/mol. The molecule has 2 heterocycles. The molecule has 0 atom stereocenters. The number of fused-ring (bicyclic) bond motifs is 3. The first-order valence-corrected chi connectivity index (χ1v) is 10.5. The van der Waals surface area contributed by atoms with Crippen molar-refractivity contribution in [3.8, 4) is 5.75 Å². The van der Waals surface area contributed by atoms with E-state index < -0.39 is 10.0 Å². The van der Waals surface area contributed by atoms with Crippen molar-refractivity contribution in [2.75, 3.05) is 6.73 Å². The van der Waals surface area contributed by atoms with E-state index >= 15 is 0 Å². The van der Waals surface area contributed by atoms with Crippen LogP contribution in [0.1, 0.15) is 23.6 Å². The second-order valence-corrected chi connectivity index (χ2v) is 8.37. The number of nitrogens with two attached hydrogens (primary N) is 1. The molecule has 8 heteroatoms. The number of nitrogens with zero attached hydrogens (tertiary/aromatic N) is 1. The smallest absolute Gasteiger partial charge is 0.336 e. The van der Waals surface area contributed by atoms with Crippen LogP contribution in [0.5, 0.6) is 5.75 Å². The Morgan fingerprint density at radius 3 is 2.57 bits per heavy atom. The van der Waals surface area contributed by atoms with E-state index in [9.17, 15) is 13.2 Å². The van der Waals surface area contributed by atoms with Crippen molar-refractivity contribution in [1.29, 1.82) is 0 Å². The summed E-state index contributed by atoms with van der Waals surface area (Å²) in [6, 6.07) is 11.8. The number of benzene rings is 2. The molecule has 0 fully saturated rings. The van der Waals surface area contributed by atoms with Gasteiger partial charge in [-0.15, -0.1) is 0 Å². The van der Waals surface area contributed by atoms with Crippen molar-refractivity contribution in [2.24, 2.45) is 5.14 Å². The van der Waals surface area contributed by atoms with Crippen LogP contribution in [-0.2, 0) is 29.5 Å². The maximum absolute atomic E-state index is 12.0. The lowest BCUT2D eigenvalue weighted by Gasteiger charge is -2.29. The molecule has 1 aromatic heterocycles. The molecule has 0 aliphatic carbocycles. The van der Waals surface area contributed by atoms with Crippen molar-refractivity contribution < 1.29 is 17.6 Å². The molecular weight excluding hydrogens is 380 g/mol. The fraction of sp³-hybridized carbons (Fsp3) is 0.250. The van der Waals surface area contributed by atoms with Gasteiger partial charge in [0.15, 0.2) is 0 Å². The summed E-state index contributed by atoms with van der Waals surface area (Å²) in [5.74, 6) is 0.713. The summed E-state index contributed by atoms with van der Waals surface area (Å²) in [6.07, 6.45) is 0.738. The predicted octanol–water partition coefficient (Wildman–Crippen LogP) is 2.35. The van der Waals surface area contributed by atoms with Crippen LogP contribution in [0.4, 0.5) is 0 Å². The Morgan fingerprint density at radius 2 is 1.89 bits per heavy atom. The second-order valence-electron chi connectivity index (χ2n) is 6.81. The normalized spacial score (nSPS) is 14.6. The van der Waals surface area contributed by atoms with Gasteiger partial charge < -0.3 is 9.15 Å². The molecule has 0 bridgehead atoms. The third kappa shape index (κ3) is 3.54. The number of ether oxygens (including phenoxy) is 1. The van der Waals surface area contributed by atoms with Crippen molar-refractivity contribution in [1.82, 2.24) is 4.90 Å². The third-order valence-corrected chi connectivity index (χ3v) is 5.81. The van der Waals surface area contributed by atoms with Gasteiger partial charge >= 0.3 is 5.63 Å². The highest BCUT2D eigenvalue weighted by molar-refractivity contribution is 7.89. The van der Waals surface area contributed by atoms with Gasteiger partial charge in [-0.1, -0.05) is 19.1 Å². The second kappa shape index (κ2) is 7.05. The average Bonchev–Trinajstić information content (AvgIpc) is 2.67. The van der Waals surface area contributed by atoms with Crippen LogP contribution < -0.4 is 15.5 Å². The molecule has 0 saturated heterocycles. The van der Waals surface area contributed by atoms with Gasteiger partial charge in [0.1, 0.15) is 18.1 Å². The molecule has 0 spiro atoms. The minimum absolute atomic E-state index is 0.0800. The molecule has 7 nitrogen and oxygen atoms in total. The molecule has 28 heavy (non-hydrogen) atoms. The van der Waals surface area contributed by atoms with Crippen LogP contribution in [0, 0.1) is 0 Å². The number of primary sulfonamides is 1. The first-order valence-electron chi connectivity index (χ1n) is 8.90. The van der Waals surface area contributed by atoms with E-state index in [0.717, 1.165) is 28.5 Å². The van der Waals surface area contributed by atoms with Crippen LogP contribution >= 0.6 is 0 Å². The average molecular weight is 400 g/mol. The highest BCUT2D eigenvalue weighted by Gasteiger charge is 2.22. The van der Waals surface area contributed by atoms with Gasteiger partial charge in [0.2, 0.25) is 10.0 Å². The van der Waals surface area contributed by atoms with E-state index in [0.29, 0.717) is 31.2 Å². The van der Waals surface area contributed by atoms with E-state index in [1.54, 1.807) is 12.1 Å². The highest BCUT2D eigenvalue weighted by atomic mass is 32.2. The zero-order valence-corrected chi connectivity index (χ0v) is 16.2. The fourth-order valence-corrected chi connectivity index (χ4v) is 4.00. The SMILES string of the molecule is CCc1cc(=O)oc2c3c(ccc12)OCN(Cc1ccc(S(N)(=O)=O)cc1)C3. The first kappa shape index (κ1) is 18.7. The van der Waals surface area contributed by atoms with Gasteiger partial charge in [-0.2, -0.15) is 0 Å². The maximum atomic E-state index is 12.0. The topological polar surface area (TPSA) is 103 Å². The van der Waals surface area contributed by atoms with Gasteiger partial charge in [-0.3, -0.25) is 4.90 Å². The minimum atomic E-state index is -3.71. The van der Waals surface area contributed by atoms with Crippen LogP contribution in [-0.4, -0.2) is 20.0 Å². The zero-order valence-electron chi connectivity index (χ0n) is 15.3. The third-order valence-electron chi connectivity index (χ3n) is 4.88. The number of aryl methyl sites for hydroxylation is 1. The standard InChI is InChI=1S/C20H20N2O5S/c1-2-14-9-19(23)27-20-16(14)7-8-18-17(20)11-22(12-26-18)10-13-3-5-15(6-4-13)28(21,24)25/h3-9H,2,10-12H2,1H3,(H2,21,24,25). The van der Waals surface area contributed by atoms with E-state index in [1.807, 2.05) is 24.0 Å². The summed E-state index contributed by atoms with van der Waals surface area (Å²) in [5.41, 5.74) is 2.92. The molecule has 146 valence electrons. The fourth-order valence-electron chi connectivity index (χ4n) is 3.48. The molecule has 1 aliphatic heterocycles. The van der Waals surface area contributed by atoms with Crippen LogP contribution in [0.15, 0.2) is 56.6 Å². The number of sulfonamides is 1. The van der Waals surface area contributed by atoms with E-state index in [1.165, 1.54) is 18.2 Å². The summed E-state index contributed by atoms with van der Waals surface area (Å²) in [4.78, 5) is 14.1. The van der Waals surface area contributed by atoms with Crippen LogP contribution in [0.2, 0.25) is 0 Å². The van der Waals surface area contributed by atoms with E-state index in [-0.39, 0.29) is 10.5 Å². The number of hydrogen-bond acceptors (Lipinski definition) is 6. The summed E-state index contributed by atoms with van der Waals surface area (Å²) >= 11 is 0. The van der Waals surface area contributed by atoms with Gasteiger partial charge in [-0.05, 0) is 41.8 Å². The van der Waals surface area contributed by atoms with Crippen molar-refractivity contribution >= 4 is 21.0 Å². The van der Waals surface area contributed by atoms with Crippen LogP contribution in [0.25, 0.3) is 11.0 Å². The summed E-state index contributed by atoms with van der Waals surface area (Å²) in [5, 5.41) is 6.06. The Bertz CT molecular complexity index is 1200. The van der Waals surface area contributed by atoms with E-state index in [4.69, 9.17) is 14.3 Å². The molecule has 2 N–H and O–H groups in total. The van der Waals surface area contributed by atoms with Gasteiger partial charge in [0, 0.05) is 24.5 Å².